The van der Waals surface area contributed by atoms with Gasteiger partial charge in [0.05, 0.1) is 6.21 Å². The highest BCUT2D eigenvalue weighted by Gasteiger charge is 2.12. The lowest BCUT2D eigenvalue weighted by Gasteiger charge is -2.25. The minimum atomic E-state index is 0.841. The van der Waals surface area contributed by atoms with Gasteiger partial charge in [0.2, 0.25) is 0 Å². The van der Waals surface area contributed by atoms with E-state index in [1.807, 2.05) is 48.5 Å². The predicted molar refractivity (Wildman–Crippen MR) is 106 cm³/mol. The first kappa shape index (κ1) is 16.7. The maximum atomic E-state index is 8.66. The van der Waals surface area contributed by atoms with Gasteiger partial charge in [-0.15, -0.1) is 0 Å². The summed E-state index contributed by atoms with van der Waals surface area (Å²) in [6.45, 7) is 0. The van der Waals surface area contributed by atoms with Crippen molar-refractivity contribution in [3.05, 3.63) is 87.3 Å². The number of oxime groups is 1. The lowest BCUT2D eigenvalue weighted by molar-refractivity contribution is 0.322. The molecule has 0 spiro atoms. The van der Waals surface area contributed by atoms with E-state index in [2.05, 4.69) is 66.2 Å². The van der Waals surface area contributed by atoms with Gasteiger partial charge < -0.3 is 10.1 Å². The van der Waals surface area contributed by atoms with Crippen molar-refractivity contribution >= 4 is 55.1 Å². The Morgan fingerprint density at radius 3 is 1.42 bits per heavy atom. The van der Waals surface area contributed by atoms with E-state index in [0.29, 0.717) is 0 Å². The fraction of sp³-hybridized carbons (Fsp3) is 0. The van der Waals surface area contributed by atoms with Crippen molar-refractivity contribution in [2.75, 3.05) is 4.90 Å². The molecule has 0 radical (unpaired) electrons. The average Bonchev–Trinajstić information content (AvgIpc) is 2.60. The van der Waals surface area contributed by atoms with Crippen LogP contribution < -0.4 is 4.90 Å². The molecule has 0 aliphatic rings. The topological polar surface area (TPSA) is 35.8 Å². The number of hydrogen-bond acceptors (Lipinski definition) is 3. The smallest absolute Gasteiger partial charge is 0.0733 e. The van der Waals surface area contributed by atoms with Crippen LogP contribution in [-0.4, -0.2) is 11.4 Å². The standard InChI is InChI=1S/C19H14Br2N2O/c20-15-3-9-18(10-4-15)23(19-11-5-16(21)6-12-19)17-7-1-14(2-8-17)13-22-24/h1-13,24H/b22-13+. The van der Waals surface area contributed by atoms with E-state index in [-0.39, 0.29) is 0 Å². The fourth-order valence-corrected chi connectivity index (χ4v) is 2.93. The van der Waals surface area contributed by atoms with Gasteiger partial charge in [0.25, 0.3) is 0 Å². The first-order valence-corrected chi connectivity index (χ1v) is 8.85. The summed E-state index contributed by atoms with van der Waals surface area (Å²) in [7, 11) is 0. The molecule has 3 nitrogen and oxygen atoms in total. The van der Waals surface area contributed by atoms with Gasteiger partial charge >= 0.3 is 0 Å². The quantitative estimate of drug-likeness (QED) is 0.283. The molecule has 1 N–H and O–H groups in total. The van der Waals surface area contributed by atoms with Crippen molar-refractivity contribution in [2.45, 2.75) is 0 Å². The maximum absolute atomic E-state index is 8.66. The van der Waals surface area contributed by atoms with Crippen LogP contribution in [0.25, 0.3) is 0 Å². The van der Waals surface area contributed by atoms with Gasteiger partial charge in [0, 0.05) is 26.0 Å². The summed E-state index contributed by atoms with van der Waals surface area (Å²) in [6, 6.07) is 24.2. The Labute approximate surface area is 157 Å². The minimum Gasteiger partial charge on any atom is -0.411 e. The molecular formula is C19H14Br2N2O. The van der Waals surface area contributed by atoms with Crippen LogP contribution >= 0.6 is 31.9 Å². The van der Waals surface area contributed by atoms with Crippen molar-refractivity contribution in [1.29, 1.82) is 0 Å². The maximum Gasteiger partial charge on any atom is 0.0733 e. The molecule has 0 atom stereocenters. The molecule has 0 saturated heterocycles. The summed E-state index contributed by atoms with van der Waals surface area (Å²) in [4.78, 5) is 2.17. The zero-order valence-electron chi connectivity index (χ0n) is 12.6. The van der Waals surface area contributed by atoms with Gasteiger partial charge in [-0.25, -0.2) is 0 Å². The van der Waals surface area contributed by atoms with Crippen molar-refractivity contribution in [1.82, 2.24) is 0 Å². The number of anilines is 3. The van der Waals surface area contributed by atoms with Crippen LogP contribution in [0.5, 0.6) is 0 Å². The predicted octanol–water partition coefficient (Wildman–Crippen LogP) is 6.49. The highest BCUT2D eigenvalue weighted by molar-refractivity contribution is 9.10. The lowest BCUT2D eigenvalue weighted by atomic mass is 10.1. The summed E-state index contributed by atoms with van der Waals surface area (Å²) in [6.07, 6.45) is 1.41. The summed E-state index contributed by atoms with van der Waals surface area (Å²) in [5, 5.41) is 11.7. The summed E-state index contributed by atoms with van der Waals surface area (Å²) in [5.41, 5.74) is 3.98. The molecule has 0 saturated carbocycles. The summed E-state index contributed by atoms with van der Waals surface area (Å²) >= 11 is 6.96. The molecule has 0 unspecified atom stereocenters. The van der Waals surface area contributed by atoms with Crippen LogP contribution in [-0.2, 0) is 0 Å². The van der Waals surface area contributed by atoms with Gasteiger partial charge in [-0.2, -0.15) is 0 Å². The van der Waals surface area contributed by atoms with E-state index < -0.39 is 0 Å². The molecule has 0 amide bonds. The molecule has 24 heavy (non-hydrogen) atoms. The molecule has 3 aromatic rings. The molecule has 5 heteroatoms. The molecule has 0 heterocycles. The first-order chi connectivity index (χ1) is 11.7. The Kier molecular flexibility index (Phi) is 5.33. The number of hydrogen-bond donors (Lipinski definition) is 1. The van der Waals surface area contributed by atoms with Gasteiger partial charge in [-0.3, -0.25) is 0 Å². The van der Waals surface area contributed by atoms with Gasteiger partial charge in [-0.1, -0.05) is 49.1 Å². The number of halogens is 2. The highest BCUT2D eigenvalue weighted by atomic mass is 79.9. The van der Waals surface area contributed by atoms with Crippen LogP contribution in [0.3, 0.4) is 0 Å². The zero-order valence-corrected chi connectivity index (χ0v) is 15.8. The van der Waals surface area contributed by atoms with Crippen LogP contribution in [0.4, 0.5) is 17.1 Å². The van der Waals surface area contributed by atoms with Gasteiger partial charge in [0.1, 0.15) is 0 Å². The van der Waals surface area contributed by atoms with Crippen molar-refractivity contribution in [2.24, 2.45) is 5.16 Å². The number of rotatable bonds is 4. The van der Waals surface area contributed by atoms with Crippen molar-refractivity contribution in [3.63, 3.8) is 0 Å². The third kappa shape index (κ3) is 3.86. The molecule has 3 rings (SSSR count). The van der Waals surface area contributed by atoms with E-state index >= 15 is 0 Å². The van der Waals surface area contributed by atoms with E-state index in [4.69, 9.17) is 5.21 Å². The summed E-state index contributed by atoms with van der Waals surface area (Å²) in [5.74, 6) is 0. The third-order valence-electron chi connectivity index (χ3n) is 3.53. The van der Waals surface area contributed by atoms with Crippen LogP contribution in [0.15, 0.2) is 86.9 Å². The first-order valence-electron chi connectivity index (χ1n) is 7.26. The van der Waals surface area contributed by atoms with Crippen LogP contribution in [0.1, 0.15) is 5.56 Å². The van der Waals surface area contributed by atoms with Gasteiger partial charge in [-0.05, 0) is 66.2 Å². The molecule has 0 fully saturated rings. The Morgan fingerprint density at radius 1 is 0.667 bits per heavy atom. The molecule has 0 aliphatic heterocycles. The Bertz CT molecular complexity index is 783. The van der Waals surface area contributed by atoms with Crippen LogP contribution in [0.2, 0.25) is 0 Å². The number of nitrogens with zero attached hydrogens (tertiary/aromatic N) is 2. The number of benzene rings is 3. The largest absolute Gasteiger partial charge is 0.411 e. The average molecular weight is 446 g/mol. The molecule has 0 bridgehead atoms. The Hall–Kier alpha value is -2.11. The van der Waals surface area contributed by atoms with E-state index in [0.717, 1.165) is 31.6 Å². The molecule has 120 valence electrons. The highest BCUT2D eigenvalue weighted by Crippen LogP contribution is 2.35. The molecule has 3 aromatic carbocycles. The second-order valence-electron chi connectivity index (χ2n) is 5.12. The fourth-order valence-electron chi connectivity index (χ4n) is 2.40. The monoisotopic (exact) mass is 444 g/mol. The third-order valence-corrected chi connectivity index (χ3v) is 4.59. The van der Waals surface area contributed by atoms with Crippen molar-refractivity contribution < 1.29 is 5.21 Å². The molecule has 0 aliphatic carbocycles. The van der Waals surface area contributed by atoms with E-state index in [1.165, 1.54) is 6.21 Å². The Morgan fingerprint density at radius 2 is 1.04 bits per heavy atom. The normalized spacial score (nSPS) is 10.9. The lowest BCUT2D eigenvalue weighted by Crippen LogP contribution is -2.09. The second-order valence-corrected chi connectivity index (χ2v) is 6.96. The Balaban J connectivity index is 2.07. The molecular weight excluding hydrogens is 432 g/mol. The van der Waals surface area contributed by atoms with Crippen LogP contribution in [0, 0.1) is 0 Å². The zero-order chi connectivity index (χ0) is 16.9. The van der Waals surface area contributed by atoms with E-state index in [9.17, 15) is 0 Å². The second kappa shape index (κ2) is 7.64. The van der Waals surface area contributed by atoms with Crippen molar-refractivity contribution in [3.8, 4) is 0 Å². The molecule has 0 aromatic heterocycles. The minimum absolute atomic E-state index is 0.841. The van der Waals surface area contributed by atoms with Gasteiger partial charge in [0.15, 0.2) is 0 Å². The SMILES string of the molecule is O/N=C/c1ccc(N(c2ccc(Br)cc2)c2ccc(Br)cc2)cc1. The van der Waals surface area contributed by atoms with E-state index in [1.54, 1.807) is 0 Å². The summed E-state index contributed by atoms with van der Waals surface area (Å²) < 4.78 is 2.08.